The summed E-state index contributed by atoms with van der Waals surface area (Å²) >= 11 is 8.07. The average Bonchev–Trinajstić information content (AvgIpc) is 2.87. The van der Waals surface area contributed by atoms with E-state index in [1.54, 1.807) is 13.3 Å². The standard InChI is InChI=1S/C25H28ClN5O2S.3ClH/c1-33-18-3-4-22-20(12-18)19(21(26)14-28-22)8-11-31-9-6-16(7-10-31)27-13-17-2-5-23-25(29-17)30-24(32)15-34-23;;;/h2-5,12,14,16,27H,6-11,13,15H2,1H3,(H,29,30,32);3*1H. The summed E-state index contributed by atoms with van der Waals surface area (Å²) < 4.78 is 5.40. The molecule has 0 bridgehead atoms. The van der Waals surface area contributed by atoms with Gasteiger partial charge in [-0.3, -0.25) is 9.78 Å². The van der Waals surface area contributed by atoms with Crippen LogP contribution in [0.3, 0.4) is 0 Å². The molecule has 2 N–H and O–H groups in total. The van der Waals surface area contributed by atoms with E-state index in [9.17, 15) is 4.79 Å². The van der Waals surface area contributed by atoms with Crippen molar-refractivity contribution in [3.63, 3.8) is 0 Å². The molecule has 12 heteroatoms. The summed E-state index contributed by atoms with van der Waals surface area (Å²) in [5.41, 5.74) is 3.03. The fourth-order valence-corrected chi connectivity index (χ4v) is 5.57. The van der Waals surface area contributed by atoms with Gasteiger partial charge in [-0.25, -0.2) is 4.98 Å². The number of carbonyl (C=O) groups is 1. The molecule has 1 aromatic carbocycles. The molecule has 1 amide bonds. The monoisotopic (exact) mass is 605 g/mol. The minimum Gasteiger partial charge on any atom is -0.497 e. The normalized spacial score (nSPS) is 15.6. The van der Waals surface area contributed by atoms with Crippen LogP contribution in [0.1, 0.15) is 24.1 Å². The lowest BCUT2D eigenvalue weighted by molar-refractivity contribution is -0.113. The van der Waals surface area contributed by atoms with Crippen molar-refractivity contribution in [3.05, 3.63) is 52.8 Å². The smallest absolute Gasteiger partial charge is 0.235 e. The Labute approximate surface area is 245 Å². The number of hydrogen-bond donors (Lipinski definition) is 2. The first-order valence-corrected chi connectivity index (χ1v) is 12.9. The van der Waals surface area contributed by atoms with E-state index in [4.69, 9.17) is 16.3 Å². The Hall–Kier alpha value is -1.52. The number of aromatic nitrogens is 2. The quantitative estimate of drug-likeness (QED) is 0.373. The highest BCUT2D eigenvalue weighted by Crippen LogP contribution is 2.30. The van der Waals surface area contributed by atoms with Gasteiger partial charge in [0.1, 0.15) is 11.6 Å². The van der Waals surface area contributed by atoms with Crippen molar-refractivity contribution >= 4 is 83.2 Å². The molecule has 37 heavy (non-hydrogen) atoms. The summed E-state index contributed by atoms with van der Waals surface area (Å²) in [5, 5.41) is 8.29. The van der Waals surface area contributed by atoms with Crippen LogP contribution in [0.4, 0.5) is 5.82 Å². The zero-order valence-electron chi connectivity index (χ0n) is 20.4. The number of hydrogen-bond acceptors (Lipinski definition) is 7. The van der Waals surface area contributed by atoms with Crippen molar-refractivity contribution in [3.8, 4) is 5.75 Å². The number of pyridine rings is 2. The molecular weight excluding hydrogens is 576 g/mol. The lowest BCUT2D eigenvalue weighted by Crippen LogP contribution is -2.43. The first-order chi connectivity index (χ1) is 16.6. The van der Waals surface area contributed by atoms with E-state index in [2.05, 4.69) is 31.6 Å². The molecule has 3 aromatic rings. The molecule has 4 heterocycles. The van der Waals surface area contributed by atoms with Crippen LogP contribution in [0.25, 0.3) is 10.9 Å². The van der Waals surface area contributed by atoms with Crippen LogP contribution in [0.2, 0.25) is 5.02 Å². The number of nitrogens with zero attached hydrogens (tertiary/aromatic N) is 3. The number of carbonyl (C=O) groups excluding carboxylic acids is 1. The number of likely N-dealkylation sites (tertiary alicyclic amines) is 1. The highest BCUT2D eigenvalue weighted by atomic mass is 35.5. The zero-order valence-corrected chi connectivity index (χ0v) is 24.4. The van der Waals surface area contributed by atoms with Gasteiger partial charge in [-0.05, 0) is 68.2 Å². The van der Waals surface area contributed by atoms with E-state index in [0.29, 0.717) is 29.2 Å². The minimum atomic E-state index is 0. The van der Waals surface area contributed by atoms with Crippen LogP contribution >= 0.6 is 60.6 Å². The third-order valence-electron chi connectivity index (χ3n) is 6.50. The number of piperidine rings is 1. The first kappa shape index (κ1) is 31.7. The maximum absolute atomic E-state index is 11.6. The Morgan fingerprint density at radius 1 is 1.19 bits per heavy atom. The predicted octanol–water partition coefficient (Wildman–Crippen LogP) is 5.40. The summed E-state index contributed by atoms with van der Waals surface area (Å²) in [7, 11) is 1.68. The lowest BCUT2D eigenvalue weighted by Gasteiger charge is -2.32. The number of amides is 1. The Bertz CT molecular complexity index is 1210. The predicted molar refractivity (Wildman–Crippen MR) is 159 cm³/mol. The first-order valence-electron chi connectivity index (χ1n) is 11.6. The second-order valence-electron chi connectivity index (χ2n) is 8.70. The molecule has 2 aliphatic heterocycles. The van der Waals surface area contributed by atoms with Crippen LogP contribution in [0.5, 0.6) is 5.75 Å². The van der Waals surface area contributed by atoms with Crippen LogP contribution < -0.4 is 15.4 Å². The van der Waals surface area contributed by atoms with Gasteiger partial charge in [0.2, 0.25) is 5.91 Å². The highest BCUT2D eigenvalue weighted by molar-refractivity contribution is 8.00. The number of fused-ring (bicyclic) bond motifs is 2. The zero-order chi connectivity index (χ0) is 23.5. The van der Waals surface area contributed by atoms with Crippen LogP contribution in [0, 0.1) is 0 Å². The number of thioether (sulfide) groups is 1. The maximum Gasteiger partial charge on any atom is 0.235 e. The van der Waals surface area contributed by atoms with E-state index < -0.39 is 0 Å². The minimum absolute atomic E-state index is 0. The number of rotatable bonds is 7. The summed E-state index contributed by atoms with van der Waals surface area (Å²) in [4.78, 5) is 24.2. The molecular formula is C25H31Cl4N5O2S. The van der Waals surface area contributed by atoms with Crippen LogP contribution in [-0.2, 0) is 17.8 Å². The molecule has 0 saturated carbocycles. The third-order valence-corrected chi connectivity index (χ3v) is 7.88. The van der Waals surface area contributed by atoms with Gasteiger partial charge in [-0.15, -0.1) is 49.0 Å². The van der Waals surface area contributed by atoms with Gasteiger partial charge in [0, 0.05) is 30.7 Å². The van der Waals surface area contributed by atoms with Crippen molar-refractivity contribution in [2.24, 2.45) is 0 Å². The Morgan fingerprint density at radius 3 is 2.73 bits per heavy atom. The van der Waals surface area contributed by atoms with Gasteiger partial charge in [0.25, 0.3) is 0 Å². The molecule has 0 spiro atoms. The topological polar surface area (TPSA) is 79.4 Å². The van der Waals surface area contributed by atoms with Crippen LogP contribution in [0.15, 0.2) is 41.4 Å². The van der Waals surface area contributed by atoms with Crippen molar-refractivity contribution < 1.29 is 9.53 Å². The van der Waals surface area contributed by atoms with Crippen LogP contribution in [-0.4, -0.2) is 59.3 Å². The summed E-state index contributed by atoms with van der Waals surface area (Å²) in [5.74, 6) is 1.99. The van der Waals surface area contributed by atoms with Crippen molar-refractivity contribution in [2.75, 3.05) is 37.8 Å². The molecule has 0 atom stereocenters. The number of methoxy groups -OCH3 is 1. The van der Waals surface area contributed by atoms with E-state index in [-0.39, 0.29) is 43.1 Å². The largest absolute Gasteiger partial charge is 0.497 e. The van der Waals surface area contributed by atoms with Crippen molar-refractivity contribution in [1.82, 2.24) is 20.2 Å². The molecule has 2 aromatic heterocycles. The molecule has 0 radical (unpaired) electrons. The number of ether oxygens (including phenoxy) is 1. The third kappa shape index (κ3) is 7.76. The Kier molecular flexibility index (Phi) is 12.5. The lowest BCUT2D eigenvalue weighted by atomic mass is 10.0. The number of benzene rings is 1. The van der Waals surface area contributed by atoms with E-state index in [1.165, 1.54) is 11.8 Å². The van der Waals surface area contributed by atoms with Crippen molar-refractivity contribution in [2.45, 2.75) is 36.7 Å². The number of nitrogens with one attached hydrogen (secondary N) is 2. The average molecular weight is 607 g/mol. The summed E-state index contributed by atoms with van der Waals surface area (Å²) in [6.07, 6.45) is 4.82. The highest BCUT2D eigenvalue weighted by Gasteiger charge is 2.21. The summed E-state index contributed by atoms with van der Waals surface area (Å²) in [6.45, 7) is 3.77. The fraction of sp³-hybridized carbons (Fsp3) is 0.400. The fourth-order valence-electron chi connectivity index (χ4n) is 4.57. The van der Waals surface area contributed by atoms with Gasteiger partial charge in [-0.1, -0.05) is 11.6 Å². The molecule has 0 aliphatic carbocycles. The van der Waals surface area contributed by atoms with Gasteiger partial charge in [0.05, 0.1) is 34.0 Å². The van der Waals surface area contributed by atoms with Gasteiger partial charge < -0.3 is 20.3 Å². The molecule has 1 fully saturated rings. The van der Waals surface area contributed by atoms with Gasteiger partial charge in [-0.2, -0.15) is 0 Å². The molecule has 5 rings (SSSR count). The summed E-state index contributed by atoms with van der Waals surface area (Å²) in [6, 6.07) is 10.5. The second kappa shape index (κ2) is 14.6. The molecule has 7 nitrogen and oxygen atoms in total. The van der Waals surface area contributed by atoms with E-state index in [1.807, 2.05) is 24.3 Å². The Morgan fingerprint density at radius 2 is 1.97 bits per heavy atom. The van der Waals surface area contributed by atoms with Gasteiger partial charge >= 0.3 is 0 Å². The maximum atomic E-state index is 11.6. The molecule has 1 saturated heterocycles. The van der Waals surface area contributed by atoms with E-state index >= 15 is 0 Å². The van der Waals surface area contributed by atoms with E-state index in [0.717, 1.165) is 71.7 Å². The molecule has 2 aliphatic rings. The SMILES string of the molecule is COc1ccc2ncc(Cl)c(CCN3CCC(NCc4ccc5c(n4)NC(=O)CS5)CC3)c2c1.Cl.Cl.Cl. The molecule has 202 valence electrons. The molecule has 0 unspecified atom stereocenters. The number of halogens is 4. The van der Waals surface area contributed by atoms with Gasteiger partial charge in [0.15, 0.2) is 0 Å². The Balaban J connectivity index is 0.00000160. The number of anilines is 1. The second-order valence-corrected chi connectivity index (χ2v) is 10.1. The van der Waals surface area contributed by atoms with Crippen molar-refractivity contribution in [1.29, 1.82) is 0 Å².